The van der Waals surface area contributed by atoms with Crippen molar-refractivity contribution in [2.45, 2.75) is 77.6 Å². The second kappa shape index (κ2) is 9.89. The SMILES string of the molecule is CCCCCCCCCC(CC)c1cccc(O)c1. The first kappa shape index (κ1) is 16.1. The number of benzene rings is 1. The summed E-state index contributed by atoms with van der Waals surface area (Å²) < 4.78 is 0. The van der Waals surface area contributed by atoms with Crippen molar-refractivity contribution in [2.24, 2.45) is 0 Å². The van der Waals surface area contributed by atoms with Gasteiger partial charge < -0.3 is 5.11 Å². The molecule has 0 aromatic heterocycles. The lowest BCUT2D eigenvalue weighted by Crippen LogP contribution is -1.97. The van der Waals surface area contributed by atoms with Gasteiger partial charge in [0, 0.05) is 0 Å². The van der Waals surface area contributed by atoms with Crippen LogP contribution >= 0.6 is 0 Å². The molecule has 1 aromatic carbocycles. The molecule has 0 amide bonds. The molecule has 1 unspecified atom stereocenters. The second-order valence-corrected chi connectivity index (χ2v) is 5.61. The molecule has 1 atom stereocenters. The maximum absolute atomic E-state index is 9.55. The molecule has 0 spiro atoms. The summed E-state index contributed by atoms with van der Waals surface area (Å²) in [6.07, 6.45) is 12.0. The number of aromatic hydroxyl groups is 1. The van der Waals surface area contributed by atoms with Gasteiger partial charge in [-0.1, -0.05) is 70.9 Å². The van der Waals surface area contributed by atoms with Gasteiger partial charge in [0.15, 0.2) is 0 Å². The highest BCUT2D eigenvalue weighted by atomic mass is 16.3. The summed E-state index contributed by atoms with van der Waals surface area (Å²) in [5.74, 6) is 1.01. The summed E-state index contributed by atoms with van der Waals surface area (Å²) in [5.41, 5.74) is 1.30. The number of phenols is 1. The molecule has 0 bridgehead atoms. The highest BCUT2D eigenvalue weighted by molar-refractivity contribution is 5.29. The van der Waals surface area contributed by atoms with Crippen molar-refractivity contribution in [3.8, 4) is 5.75 Å². The molecule has 19 heavy (non-hydrogen) atoms. The first-order valence-corrected chi connectivity index (χ1v) is 8.06. The average molecular weight is 262 g/mol. The largest absolute Gasteiger partial charge is 0.508 e. The van der Waals surface area contributed by atoms with E-state index in [0.717, 1.165) is 0 Å². The molecule has 0 heterocycles. The van der Waals surface area contributed by atoms with Crippen molar-refractivity contribution in [3.05, 3.63) is 29.8 Å². The molecular formula is C18H30O. The first-order chi connectivity index (χ1) is 9.27. The summed E-state index contributed by atoms with van der Waals surface area (Å²) in [5, 5.41) is 9.55. The third kappa shape index (κ3) is 6.66. The van der Waals surface area contributed by atoms with Gasteiger partial charge in [0.1, 0.15) is 5.75 Å². The molecule has 0 aliphatic rings. The predicted octanol–water partition coefficient (Wildman–Crippen LogP) is 6.03. The van der Waals surface area contributed by atoms with Crippen LogP contribution in [0.15, 0.2) is 24.3 Å². The Kier molecular flexibility index (Phi) is 8.36. The zero-order valence-electron chi connectivity index (χ0n) is 12.7. The molecule has 0 saturated carbocycles. The number of hydrogen-bond acceptors (Lipinski definition) is 1. The number of hydrogen-bond donors (Lipinski definition) is 1. The summed E-state index contributed by atoms with van der Waals surface area (Å²) >= 11 is 0. The van der Waals surface area contributed by atoms with E-state index in [1.54, 1.807) is 6.07 Å². The fourth-order valence-corrected chi connectivity index (χ4v) is 2.73. The van der Waals surface area contributed by atoms with Crippen LogP contribution < -0.4 is 0 Å². The van der Waals surface area contributed by atoms with Gasteiger partial charge in [-0.3, -0.25) is 0 Å². The minimum absolute atomic E-state index is 0.399. The Morgan fingerprint density at radius 3 is 2.26 bits per heavy atom. The van der Waals surface area contributed by atoms with Crippen LogP contribution in [0.4, 0.5) is 0 Å². The van der Waals surface area contributed by atoms with Crippen molar-refractivity contribution < 1.29 is 5.11 Å². The van der Waals surface area contributed by atoms with Crippen LogP contribution in [-0.2, 0) is 0 Å². The molecule has 1 heteroatoms. The lowest BCUT2D eigenvalue weighted by atomic mass is 9.90. The van der Waals surface area contributed by atoms with Crippen LogP contribution in [0.3, 0.4) is 0 Å². The minimum Gasteiger partial charge on any atom is -0.508 e. The Balaban J connectivity index is 2.22. The van der Waals surface area contributed by atoms with Crippen LogP contribution in [0.2, 0.25) is 0 Å². The topological polar surface area (TPSA) is 20.2 Å². The molecular weight excluding hydrogens is 232 g/mol. The average Bonchev–Trinajstić information content (AvgIpc) is 2.42. The van der Waals surface area contributed by atoms with E-state index in [1.807, 2.05) is 12.1 Å². The Labute approximate surface area is 119 Å². The molecule has 0 saturated heterocycles. The Morgan fingerprint density at radius 1 is 0.947 bits per heavy atom. The maximum Gasteiger partial charge on any atom is 0.115 e. The van der Waals surface area contributed by atoms with Crippen LogP contribution in [0.5, 0.6) is 5.75 Å². The molecule has 108 valence electrons. The molecule has 0 aliphatic heterocycles. The van der Waals surface area contributed by atoms with Gasteiger partial charge in [0.2, 0.25) is 0 Å². The Hall–Kier alpha value is -0.980. The summed E-state index contributed by atoms with van der Waals surface area (Å²) in [7, 11) is 0. The van der Waals surface area contributed by atoms with Crippen LogP contribution in [0.25, 0.3) is 0 Å². The highest BCUT2D eigenvalue weighted by Crippen LogP contribution is 2.28. The zero-order valence-corrected chi connectivity index (χ0v) is 12.7. The molecule has 0 radical (unpaired) electrons. The van der Waals surface area contributed by atoms with Gasteiger partial charge in [-0.05, 0) is 36.5 Å². The predicted molar refractivity (Wildman–Crippen MR) is 83.7 cm³/mol. The Morgan fingerprint density at radius 2 is 1.63 bits per heavy atom. The van der Waals surface area contributed by atoms with E-state index in [9.17, 15) is 5.11 Å². The third-order valence-electron chi connectivity index (χ3n) is 3.99. The van der Waals surface area contributed by atoms with Crippen molar-refractivity contribution in [1.29, 1.82) is 0 Å². The normalized spacial score (nSPS) is 12.5. The van der Waals surface area contributed by atoms with Gasteiger partial charge in [-0.25, -0.2) is 0 Å². The molecule has 0 fully saturated rings. The number of rotatable bonds is 10. The standard InChI is InChI=1S/C18H30O/c1-3-5-6-7-8-9-10-12-16(4-2)17-13-11-14-18(19)15-17/h11,13-16,19H,3-10,12H2,1-2H3. The van der Waals surface area contributed by atoms with Crippen molar-refractivity contribution >= 4 is 0 Å². The molecule has 0 aliphatic carbocycles. The van der Waals surface area contributed by atoms with Crippen LogP contribution in [0, 0.1) is 0 Å². The van der Waals surface area contributed by atoms with Crippen molar-refractivity contribution in [1.82, 2.24) is 0 Å². The number of phenolic OH excluding ortho intramolecular Hbond substituents is 1. The van der Waals surface area contributed by atoms with Gasteiger partial charge in [0.05, 0.1) is 0 Å². The monoisotopic (exact) mass is 262 g/mol. The zero-order chi connectivity index (χ0) is 13.9. The van der Waals surface area contributed by atoms with Crippen molar-refractivity contribution in [3.63, 3.8) is 0 Å². The summed E-state index contributed by atoms with van der Waals surface area (Å²) in [6, 6.07) is 7.78. The first-order valence-electron chi connectivity index (χ1n) is 8.06. The van der Waals surface area contributed by atoms with E-state index in [1.165, 1.54) is 63.4 Å². The van der Waals surface area contributed by atoms with Crippen molar-refractivity contribution in [2.75, 3.05) is 0 Å². The Bertz CT molecular complexity index is 332. The summed E-state index contributed by atoms with van der Waals surface area (Å²) in [4.78, 5) is 0. The second-order valence-electron chi connectivity index (χ2n) is 5.61. The fraction of sp³-hybridized carbons (Fsp3) is 0.667. The van der Waals surface area contributed by atoms with Gasteiger partial charge in [0.25, 0.3) is 0 Å². The number of unbranched alkanes of at least 4 members (excludes halogenated alkanes) is 6. The van der Waals surface area contributed by atoms with Gasteiger partial charge >= 0.3 is 0 Å². The maximum atomic E-state index is 9.55. The van der Waals surface area contributed by atoms with E-state index in [2.05, 4.69) is 19.9 Å². The third-order valence-corrected chi connectivity index (χ3v) is 3.99. The molecule has 1 N–H and O–H groups in total. The molecule has 1 rings (SSSR count). The molecule has 1 nitrogen and oxygen atoms in total. The van der Waals surface area contributed by atoms with E-state index >= 15 is 0 Å². The van der Waals surface area contributed by atoms with Crippen LogP contribution in [0.1, 0.15) is 83.1 Å². The van der Waals surface area contributed by atoms with E-state index in [4.69, 9.17) is 0 Å². The van der Waals surface area contributed by atoms with E-state index < -0.39 is 0 Å². The lowest BCUT2D eigenvalue weighted by molar-refractivity contribution is 0.471. The van der Waals surface area contributed by atoms with E-state index in [-0.39, 0.29) is 0 Å². The van der Waals surface area contributed by atoms with Gasteiger partial charge in [-0.2, -0.15) is 0 Å². The lowest BCUT2D eigenvalue weighted by Gasteiger charge is -2.15. The smallest absolute Gasteiger partial charge is 0.115 e. The van der Waals surface area contributed by atoms with Crippen LogP contribution in [-0.4, -0.2) is 5.11 Å². The summed E-state index contributed by atoms with van der Waals surface area (Å²) in [6.45, 7) is 4.51. The minimum atomic E-state index is 0.399. The quantitative estimate of drug-likeness (QED) is 0.511. The highest BCUT2D eigenvalue weighted by Gasteiger charge is 2.09. The van der Waals surface area contributed by atoms with E-state index in [0.29, 0.717) is 11.7 Å². The van der Waals surface area contributed by atoms with Gasteiger partial charge in [-0.15, -0.1) is 0 Å². The molecule has 1 aromatic rings. The fourth-order valence-electron chi connectivity index (χ4n) is 2.73.